The molecule has 0 radical (unpaired) electrons. The summed E-state index contributed by atoms with van der Waals surface area (Å²) >= 11 is 0. The van der Waals surface area contributed by atoms with Crippen molar-refractivity contribution in [1.82, 2.24) is 5.32 Å². The highest BCUT2D eigenvalue weighted by atomic mass is 16.5. The third kappa shape index (κ3) is 8.81. The van der Waals surface area contributed by atoms with Crippen LogP contribution < -0.4 is 16.8 Å². The van der Waals surface area contributed by atoms with Crippen molar-refractivity contribution in [2.75, 3.05) is 20.2 Å². The molecular weight excluding hydrogens is 232 g/mol. The summed E-state index contributed by atoms with van der Waals surface area (Å²) in [5.41, 5.74) is 10.5. The maximum absolute atomic E-state index is 11.5. The van der Waals surface area contributed by atoms with Gasteiger partial charge in [-0.3, -0.25) is 9.79 Å². The highest BCUT2D eigenvalue weighted by molar-refractivity contribution is 5.76. The first-order valence-electron chi connectivity index (χ1n) is 6.48. The van der Waals surface area contributed by atoms with Gasteiger partial charge in [-0.25, -0.2) is 0 Å². The summed E-state index contributed by atoms with van der Waals surface area (Å²) in [5, 5.41) is 3.21. The van der Waals surface area contributed by atoms with Gasteiger partial charge in [0.1, 0.15) is 6.04 Å². The summed E-state index contributed by atoms with van der Waals surface area (Å²) in [5.74, 6) is -0.142. The van der Waals surface area contributed by atoms with Gasteiger partial charge in [0.15, 0.2) is 5.96 Å². The maximum atomic E-state index is 11.5. The van der Waals surface area contributed by atoms with Gasteiger partial charge >= 0.3 is 5.97 Å². The minimum absolute atomic E-state index is 0.0838. The number of hydrogen-bond donors (Lipinski definition) is 3. The first-order valence-corrected chi connectivity index (χ1v) is 6.48. The van der Waals surface area contributed by atoms with Crippen LogP contribution in [0.4, 0.5) is 0 Å². The van der Waals surface area contributed by atoms with E-state index < -0.39 is 0 Å². The van der Waals surface area contributed by atoms with Crippen molar-refractivity contribution in [3.05, 3.63) is 0 Å². The average Bonchev–Trinajstić information content (AvgIpc) is 2.35. The zero-order chi connectivity index (χ0) is 13.8. The molecule has 0 aromatic carbocycles. The Balaban J connectivity index is 3.92. The van der Waals surface area contributed by atoms with Crippen LogP contribution in [0.1, 0.15) is 39.0 Å². The number of nitrogens with one attached hydrogen (secondary N) is 1. The number of esters is 1. The fourth-order valence-electron chi connectivity index (χ4n) is 1.60. The number of nitrogens with zero attached hydrogens (tertiary/aromatic N) is 1. The van der Waals surface area contributed by atoms with E-state index in [1.54, 1.807) is 0 Å². The minimum Gasteiger partial charge on any atom is -0.468 e. The van der Waals surface area contributed by atoms with Gasteiger partial charge in [-0.1, -0.05) is 19.8 Å². The average molecular weight is 258 g/mol. The molecule has 0 fully saturated rings. The number of carbonyl (C=O) groups excluding carboxylic acids is 1. The molecule has 0 aliphatic heterocycles. The summed E-state index contributed by atoms with van der Waals surface area (Å²) in [6.45, 7) is 3.51. The molecule has 106 valence electrons. The summed E-state index contributed by atoms with van der Waals surface area (Å²) in [7, 11) is 1.40. The van der Waals surface area contributed by atoms with E-state index in [2.05, 4.69) is 17.2 Å². The van der Waals surface area contributed by atoms with E-state index >= 15 is 0 Å². The molecule has 18 heavy (non-hydrogen) atoms. The van der Waals surface area contributed by atoms with Crippen molar-refractivity contribution in [2.45, 2.75) is 45.1 Å². The number of aliphatic imine (C=N–C) groups is 1. The van der Waals surface area contributed by atoms with Crippen LogP contribution in [0.15, 0.2) is 4.99 Å². The molecule has 0 heterocycles. The first kappa shape index (κ1) is 16.7. The van der Waals surface area contributed by atoms with E-state index in [9.17, 15) is 4.79 Å². The molecule has 0 aliphatic carbocycles. The lowest BCUT2D eigenvalue weighted by Crippen LogP contribution is -2.38. The van der Waals surface area contributed by atoms with Gasteiger partial charge in [0.2, 0.25) is 0 Å². The number of unbranched alkanes of at least 4 members (excludes halogenated alkanes) is 2. The molecule has 0 aromatic rings. The molecule has 0 saturated carbocycles. The van der Waals surface area contributed by atoms with Crippen LogP contribution in [0.25, 0.3) is 0 Å². The number of methoxy groups -OCH3 is 1. The van der Waals surface area contributed by atoms with Gasteiger partial charge in [0, 0.05) is 6.54 Å². The Kier molecular flexibility index (Phi) is 10.0. The number of hydrogen-bond acceptors (Lipinski definition) is 4. The molecule has 0 rings (SSSR count). The van der Waals surface area contributed by atoms with Crippen molar-refractivity contribution in [3.63, 3.8) is 0 Å². The van der Waals surface area contributed by atoms with Gasteiger partial charge in [0.05, 0.1) is 7.11 Å². The number of rotatable bonds is 10. The second-order valence-electron chi connectivity index (χ2n) is 4.19. The Morgan fingerprint density at radius 1 is 1.33 bits per heavy atom. The highest BCUT2D eigenvalue weighted by Crippen LogP contribution is 2.01. The molecule has 5 N–H and O–H groups in total. The number of nitrogens with two attached hydrogens (primary N) is 2. The molecule has 6 nitrogen and oxygen atoms in total. The van der Waals surface area contributed by atoms with Crippen LogP contribution in [0.5, 0.6) is 0 Å². The van der Waals surface area contributed by atoms with Gasteiger partial charge in [-0.2, -0.15) is 0 Å². The van der Waals surface area contributed by atoms with Crippen molar-refractivity contribution < 1.29 is 9.53 Å². The third-order valence-corrected chi connectivity index (χ3v) is 2.60. The lowest BCUT2D eigenvalue weighted by atomic mass is 10.1. The van der Waals surface area contributed by atoms with E-state index in [1.807, 2.05) is 0 Å². The number of guanidine groups is 1. The van der Waals surface area contributed by atoms with Crippen molar-refractivity contribution in [3.8, 4) is 0 Å². The van der Waals surface area contributed by atoms with Crippen molar-refractivity contribution in [2.24, 2.45) is 16.5 Å². The van der Waals surface area contributed by atoms with Gasteiger partial charge in [0.25, 0.3) is 0 Å². The zero-order valence-corrected chi connectivity index (χ0v) is 11.4. The van der Waals surface area contributed by atoms with E-state index in [4.69, 9.17) is 16.2 Å². The second-order valence-corrected chi connectivity index (χ2v) is 4.19. The Morgan fingerprint density at radius 3 is 2.61 bits per heavy atom. The predicted octanol–water partition coefficient (Wildman–Crippen LogP) is 0.361. The van der Waals surface area contributed by atoms with E-state index in [-0.39, 0.29) is 18.0 Å². The molecule has 0 bridgehead atoms. The molecule has 0 spiro atoms. The quantitative estimate of drug-likeness (QED) is 0.227. The molecule has 0 saturated heterocycles. The van der Waals surface area contributed by atoms with Crippen LogP contribution in [0.3, 0.4) is 0 Å². The minimum atomic E-state index is -0.263. The lowest BCUT2D eigenvalue weighted by molar-refractivity contribution is -0.143. The monoisotopic (exact) mass is 258 g/mol. The van der Waals surface area contributed by atoms with Gasteiger partial charge < -0.3 is 21.5 Å². The van der Waals surface area contributed by atoms with Crippen LogP contribution in [-0.4, -0.2) is 38.2 Å². The Labute approximate surface area is 109 Å². The Hall–Kier alpha value is -1.30. The van der Waals surface area contributed by atoms with Crippen LogP contribution in [-0.2, 0) is 9.53 Å². The molecule has 0 amide bonds. The predicted molar refractivity (Wildman–Crippen MR) is 73.2 cm³/mol. The Morgan fingerprint density at radius 2 is 2.06 bits per heavy atom. The van der Waals surface area contributed by atoms with E-state index in [0.717, 1.165) is 32.2 Å². The van der Waals surface area contributed by atoms with E-state index in [1.165, 1.54) is 7.11 Å². The largest absolute Gasteiger partial charge is 0.468 e. The van der Waals surface area contributed by atoms with Crippen molar-refractivity contribution >= 4 is 11.9 Å². The molecule has 0 aliphatic rings. The molecule has 0 aromatic heterocycles. The number of ether oxygens (including phenoxy) is 1. The molecule has 6 heteroatoms. The normalized spacial score (nSPS) is 11.9. The number of carbonyl (C=O) groups is 1. The Bertz CT molecular complexity index is 252. The SMILES string of the molecule is CCCCCNC(CCCN=C(N)N)C(=O)OC. The first-order chi connectivity index (χ1) is 8.61. The zero-order valence-electron chi connectivity index (χ0n) is 11.4. The summed E-state index contributed by atoms with van der Waals surface area (Å²) in [6, 6.07) is -0.263. The van der Waals surface area contributed by atoms with Gasteiger partial charge in [-0.05, 0) is 25.8 Å². The van der Waals surface area contributed by atoms with Crippen LogP contribution in [0, 0.1) is 0 Å². The standard InChI is InChI=1S/C12H26N4O2/c1-3-4-5-8-15-10(11(17)18-2)7-6-9-16-12(13)14/h10,15H,3-9H2,1-2H3,(H4,13,14,16). The smallest absolute Gasteiger partial charge is 0.322 e. The molecular formula is C12H26N4O2. The second kappa shape index (κ2) is 10.8. The summed E-state index contributed by atoms with van der Waals surface area (Å²) < 4.78 is 4.76. The summed E-state index contributed by atoms with van der Waals surface area (Å²) in [4.78, 5) is 15.4. The lowest BCUT2D eigenvalue weighted by Gasteiger charge is -2.15. The van der Waals surface area contributed by atoms with Crippen LogP contribution >= 0.6 is 0 Å². The van der Waals surface area contributed by atoms with Crippen molar-refractivity contribution in [1.29, 1.82) is 0 Å². The van der Waals surface area contributed by atoms with E-state index in [0.29, 0.717) is 13.0 Å². The molecule has 1 atom stereocenters. The highest BCUT2D eigenvalue weighted by Gasteiger charge is 2.17. The van der Waals surface area contributed by atoms with Gasteiger partial charge in [-0.15, -0.1) is 0 Å². The fourth-order valence-corrected chi connectivity index (χ4v) is 1.60. The van der Waals surface area contributed by atoms with Crippen LogP contribution in [0.2, 0.25) is 0 Å². The maximum Gasteiger partial charge on any atom is 0.322 e. The fraction of sp³-hybridized carbons (Fsp3) is 0.833. The topological polar surface area (TPSA) is 103 Å². The molecule has 1 unspecified atom stereocenters. The third-order valence-electron chi connectivity index (χ3n) is 2.60. The summed E-state index contributed by atoms with van der Waals surface area (Å²) in [6.07, 6.45) is 4.82.